The van der Waals surface area contributed by atoms with E-state index in [2.05, 4.69) is 15.1 Å². The van der Waals surface area contributed by atoms with Gasteiger partial charge in [-0.2, -0.15) is 4.98 Å². The molecule has 6 heteroatoms. The maximum absolute atomic E-state index is 5.29. The predicted molar refractivity (Wildman–Crippen MR) is 74.7 cm³/mol. The van der Waals surface area contributed by atoms with E-state index in [0.29, 0.717) is 18.4 Å². The molecule has 102 valence electrons. The summed E-state index contributed by atoms with van der Waals surface area (Å²) in [5, 5.41) is 5.10. The molecule has 2 aromatic heterocycles. The summed E-state index contributed by atoms with van der Waals surface area (Å²) >= 11 is 0. The summed E-state index contributed by atoms with van der Waals surface area (Å²) in [7, 11) is 3.48. The number of ether oxygens (including phenoxy) is 1. The number of rotatable bonds is 4. The maximum atomic E-state index is 5.29. The molecule has 0 unspecified atom stereocenters. The van der Waals surface area contributed by atoms with Gasteiger partial charge in [-0.15, -0.1) is 0 Å². The normalized spacial score (nSPS) is 10.7. The fourth-order valence-corrected chi connectivity index (χ4v) is 1.98. The van der Waals surface area contributed by atoms with Gasteiger partial charge in [-0.3, -0.25) is 0 Å². The lowest BCUT2D eigenvalue weighted by molar-refractivity contribution is 0.396. The maximum Gasteiger partial charge on any atom is 0.228 e. The second-order valence-electron chi connectivity index (χ2n) is 4.38. The lowest BCUT2D eigenvalue weighted by Gasteiger charge is -2.15. The van der Waals surface area contributed by atoms with Gasteiger partial charge in [0, 0.05) is 24.7 Å². The van der Waals surface area contributed by atoms with Crippen LogP contribution in [-0.4, -0.2) is 29.3 Å². The zero-order valence-corrected chi connectivity index (χ0v) is 11.3. The molecule has 2 heterocycles. The van der Waals surface area contributed by atoms with Gasteiger partial charge >= 0.3 is 0 Å². The molecular weight excluding hydrogens is 256 g/mol. The summed E-state index contributed by atoms with van der Waals surface area (Å²) in [5.41, 5.74) is 1.64. The van der Waals surface area contributed by atoms with Crippen molar-refractivity contribution in [2.45, 2.75) is 6.54 Å². The van der Waals surface area contributed by atoms with Crippen LogP contribution in [0.15, 0.2) is 41.1 Å². The number of benzene rings is 1. The summed E-state index contributed by atoms with van der Waals surface area (Å²) in [4.78, 5) is 10.4. The van der Waals surface area contributed by atoms with E-state index < -0.39 is 0 Å². The van der Waals surface area contributed by atoms with Gasteiger partial charge in [0.05, 0.1) is 13.7 Å². The van der Waals surface area contributed by atoms with Crippen LogP contribution in [0.5, 0.6) is 5.88 Å². The van der Waals surface area contributed by atoms with E-state index in [0.717, 1.165) is 16.7 Å². The molecule has 3 rings (SSSR count). The van der Waals surface area contributed by atoms with Gasteiger partial charge < -0.3 is 14.2 Å². The number of methoxy groups -OCH3 is 1. The molecule has 3 aromatic rings. The molecule has 0 fully saturated rings. The van der Waals surface area contributed by atoms with E-state index in [1.807, 2.05) is 36.2 Å². The van der Waals surface area contributed by atoms with Gasteiger partial charge in [-0.1, -0.05) is 17.3 Å². The standard InChI is InChI=1S/C14H14N4O2/c1-18(14-15-8-7-13(16-14)19-2)9-11-10-5-3-4-6-12(10)20-17-11/h3-8H,9H2,1-2H3. The first-order chi connectivity index (χ1) is 9.78. The minimum absolute atomic E-state index is 0.534. The van der Waals surface area contributed by atoms with Crippen molar-refractivity contribution in [2.24, 2.45) is 0 Å². The van der Waals surface area contributed by atoms with Gasteiger partial charge in [0.15, 0.2) is 5.58 Å². The summed E-state index contributed by atoms with van der Waals surface area (Å²) in [6.07, 6.45) is 1.67. The Balaban J connectivity index is 1.86. The molecule has 0 aliphatic carbocycles. The molecule has 6 nitrogen and oxygen atoms in total. The highest BCUT2D eigenvalue weighted by Gasteiger charge is 2.12. The summed E-state index contributed by atoms with van der Waals surface area (Å²) in [6, 6.07) is 9.48. The van der Waals surface area contributed by atoms with Crippen LogP contribution in [-0.2, 0) is 6.54 Å². The third-order valence-corrected chi connectivity index (χ3v) is 3.01. The van der Waals surface area contributed by atoms with Crippen molar-refractivity contribution >= 4 is 16.9 Å². The molecule has 1 aromatic carbocycles. The van der Waals surface area contributed by atoms with Crippen LogP contribution in [0.4, 0.5) is 5.95 Å². The number of hydrogen-bond donors (Lipinski definition) is 0. The average molecular weight is 270 g/mol. The zero-order chi connectivity index (χ0) is 13.9. The van der Waals surface area contributed by atoms with Gasteiger partial charge in [-0.05, 0) is 12.1 Å². The monoisotopic (exact) mass is 270 g/mol. The van der Waals surface area contributed by atoms with E-state index in [9.17, 15) is 0 Å². The third kappa shape index (κ3) is 2.27. The fraction of sp³-hybridized carbons (Fsp3) is 0.214. The number of hydrogen-bond acceptors (Lipinski definition) is 6. The van der Waals surface area contributed by atoms with Crippen LogP contribution in [0.1, 0.15) is 5.69 Å². The van der Waals surface area contributed by atoms with Gasteiger partial charge in [0.25, 0.3) is 0 Å². The van der Waals surface area contributed by atoms with E-state index >= 15 is 0 Å². The van der Waals surface area contributed by atoms with Crippen LogP contribution in [0.2, 0.25) is 0 Å². The first-order valence-corrected chi connectivity index (χ1v) is 6.19. The number of fused-ring (bicyclic) bond motifs is 1. The Morgan fingerprint density at radius 3 is 2.95 bits per heavy atom. The van der Waals surface area contributed by atoms with Crippen molar-refractivity contribution < 1.29 is 9.26 Å². The topological polar surface area (TPSA) is 64.3 Å². The summed E-state index contributed by atoms with van der Waals surface area (Å²) in [6.45, 7) is 0.560. The van der Waals surface area contributed by atoms with Crippen molar-refractivity contribution in [3.8, 4) is 5.88 Å². The minimum atomic E-state index is 0.534. The molecule has 0 bridgehead atoms. The molecule has 0 aliphatic heterocycles. The van der Waals surface area contributed by atoms with E-state index in [4.69, 9.17) is 9.26 Å². The van der Waals surface area contributed by atoms with Gasteiger partial charge in [0.2, 0.25) is 11.8 Å². The zero-order valence-electron chi connectivity index (χ0n) is 11.3. The van der Waals surface area contributed by atoms with E-state index in [1.54, 1.807) is 19.4 Å². The fourth-order valence-electron chi connectivity index (χ4n) is 1.98. The van der Waals surface area contributed by atoms with Crippen LogP contribution < -0.4 is 9.64 Å². The number of nitrogens with zero attached hydrogens (tertiary/aromatic N) is 4. The Bertz CT molecular complexity index is 726. The molecule has 0 spiro atoms. The van der Waals surface area contributed by atoms with Crippen molar-refractivity contribution in [1.82, 2.24) is 15.1 Å². The van der Waals surface area contributed by atoms with E-state index in [1.165, 1.54) is 0 Å². The summed E-state index contributed by atoms with van der Waals surface area (Å²) in [5.74, 6) is 1.11. The van der Waals surface area contributed by atoms with E-state index in [-0.39, 0.29) is 0 Å². The Hall–Kier alpha value is -2.63. The summed E-state index contributed by atoms with van der Waals surface area (Å²) < 4.78 is 10.4. The van der Waals surface area contributed by atoms with Gasteiger partial charge in [-0.25, -0.2) is 4.98 Å². The minimum Gasteiger partial charge on any atom is -0.481 e. The quantitative estimate of drug-likeness (QED) is 0.724. The Labute approximate surface area is 116 Å². The largest absolute Gasteiger partial charge is 0.481 e. The van der Waals surface area contributed by atoms with Crippen LogP contribution in [0.25, 0.3) is 11.0 Å². The Kier molecular flexibility index (Phi) is 3.20. The number of aromatic nitrogens is 3. The molecule has 20 heavy (non-hydrogen) atoms. The van der Waals surface area contributed by atoms with Crippen LogP contribution in [0, 0.1) is 0 Å². The van der Waals surface area contributed by atoms with Crippen LogP contribution in [0.3, 0.4) is 0 Å². The first-order valence-electron chi connectivity index (χ1n) is 6.19. The van der Waals surface area contributed by atoms with Gasteiger partial charge in [0.1, 0.15) is 5.69 Å². The smallest absolute Gasteiger partial charge is 0.228 e. The van der Waals surface area contributed by atoms with Crippen LogP contribution >= 0.6 is 0 Å². The SMILES string of the molecule is COc1ccnc(N(C)Cc2noc3ccccc23)n1. The molecule has 0 radical (unpaired) electrons. The van der Waals surface area contributed by atoms with Crippen molar-refractivity contribution in [3.63, 3.8) is 0 Å². The Morgan fingerprint density at radius 2 is 2.10 bits per heavy atom. The molecule has 0 amide bonds. The van der Waals surface area contributed by atoms with Crippen molar-refractivity contribution in [2.75, 3.05) is 19.1 Å². The number of anilines is 1. The highest BCUT2D eigenvalue weighted by Crippen LogP contribution is 2.20. The second-order valence-corrected chi connectivity index (χ2v) is 4.38. The number of para-hydroxylation sites is 1. The average Bonchev–Trinajstić information content (AvgIpc) is 2.90. The molecule has 0 saturated heterocycles. The molecule has 0 saturated carbocycles. The predicted octanol–water partition coefficient (Wildman–Crippen LogP) is 2.26. The van der Waals surface area contributed by atoms with Crippen molar-refractivity contribution in [1.29, 1.82) is 0 Å². The first kappa shape index (κ1) is 12.4. The molecular formula is C14H14N4O2. The highest BCUT2D eigenvalue weighted by atomic mass is 16.5. The Morgan fingerprint density at radius 1 is 1.25 bits per heavy atom. The third-order valence-electron chi connectivity index (χ3n) is 3.01. The lowest BCUT2D eigenvalue weighted by atomic mass is 10.2. The van der Waals surface area contributed by atoms with Crippen molar-refractivity contribution in [3.05, 3.63) is 42.2 Å². The highest BCUT2D eigenvalue weighted by molar-refractivity contribution is 5.79. The molecule has 0 aliphatic rings. The molecule has 0 N–H and O–H groups in total. The molecule has 0 atom stereocenters. The lowest BCUT2D eigenvalue weighted by Crippen LogP contribution is -2.19. The second kappa shape index (κ2) is 5.16.